The van der Waals surface area contributed by atoms with E-state index in [1.807, 2.05) is 17.5 Å². The molecule has 1 heterocycles. The van der Waals surface area contributed by atoms with Gasteiger partial charge in [-0.05, 0) is 50.5 Å². The highest BCUT2D eigenvalue weighted by atomic mass is 32.1. The van der Waals surface area contributed by atoms with Crippen molar-refractivity contribution in [1.82, 2.24) is 9.88 Å². The molecule has 2 bridgehead atoms. The largest absolute Gasteiger partial charge is 0.362 e. The summed E-state index contributed by atoms with van der Waals surface area (Å²) in [6, 6.07) is 0. The molecule has 2 fully saturated rings. The molecule has 0 saturated heterocycles. The summed E-state index contributed by atoms with van der Waals surface area (Å²) in [5.74, 6) is 3.06. The van der Waals surface area contributed by atoms with Crippen molar-refractivity contribution in [2.45, 2.75) is 45.6 Å². The topological polar surface area (TPSA) is 28.2 Å². The van der Waals surface area contributed by atoms with Gasteiger partial charge in [-0.15, -0.1) is 11.3 Å². The molecular formula is C16H27N3S. The average molecular weight is 293 g/mol. The van der Waals surface area contributed by atoms with Crippen molar-refractivity contribution in [3.8, 4) is 0 Å². The molecule has 3 nitrogen and oxygen atoms in total. The predicted octanol–water partition coefficient (Wildman–Crippen LogP) is 3.83. The zero-order valence-corrected chi connectivity index (χ0v) is 13.6. The fourth-order valence-electron chi connectivity index (χ4n) is 4.03. The van der Waals surface area contributed by atoms with Crippen LogP contribution >= 0.6 is 11.3 Å². The van der Waals surface area contributed by atoms with E-state index in [1.54, 1.807) is 0 Å². The van der Waals surface area contributed by atoms with Crippen LogP contribution in [-0.4, -0.2) is 30.0 Å². The van der Waals surface area contributed by atoms with Crippen LogP contribution < -0.4 is 5.32 Å². The molecule has 3 atom stereocenters. The Balaban J connectivity index is 1.46. The number of nitrogens with one attached hydrogen (secondary N) is 1. The van der Waals surface area contributed by atoms with E-state index in [-0.39, 0.29) is 0 Å². The van der Waals surface area contributed by atoms with Crippen LogP contribution in [0.5, 0.6) is 0 Å². The van der Waals surface area contributed by atoms with Gasteiger partial charge in [0.1, 0.15) is 0 Å². The van der Waals surface area contributed by atoms with E-state index < -0.39 is 0 Å². The van der Waals surface area contributed by atoms with Gasteiger partial charge in [0.25, 0.3) is 0 Å². The third-order valence-electron chi connectivity index (χ3n) is 4.94. The Kier molecular flexibility index (Phi) is 4.61. The van der Waals surface area contributed by atoms with Gasteiger partial charge in [-0.2, -0.15) is 0 Å². The lowest BCUT2D eigenvalue weighted by Crippen LogP contribution is -2.28. The Morgan fingerprint density at radius 1 is 1.40 bits per heavy atom. The van der Waals surface area contributed by atoms with Crippen molar-refractivity contribution in [2.75, 3.05) is 25.5 Å². The second-order valence-corrected chi connectivity index (χ2v) is 7.81. The number of thiazole rings is 1. The number of nitrogens with zero attached hydrogens (tertiary/aromatic N) is 2. The van der Waals surface area contributed by atoms with E-state index in [0.717, 1.165) is 42.4 Å². The molecule has 1 N–H and O–H groups in total. The van der Waals surface area contributed by atoms with Crippen LogP contribution in [-0.2, 0) is 6.54 Å². The van der Waals surface area contributed by atoms with Crippen molar-refractivity contribution in [2.24, 2.45) is 17.8 Å². The second kappa shape index (κ2) is 6.44. The third-order valence-corrected chi connectivity index (χ3v) is 5.88. The molecule has 2 aliphatic rings. The van der Waals surface area contributed by atoms with E-state index in [1.165, 1.54) is 37.1 Å². The molecule has 0 aliphatic heterocycles. The maximum Gasteiger partial charge on any atom is 0.182 e. The molecule has 112 valence electrons. The lowest BCUT2D eigenvalue weighted by Gasteiger charge is -2.26. The number of anilines is 1. The van der Waals surface area contributed by atoms with Gasteiger partial charge in [0.05, 0.1) is 0 Å². The number of aromatic nitrogens is 1. The highest BCUT2D eigenvalue weighted by Crippen LogP contribution is 2.48. The maximum atomic E-state index is 4.46. The lowest BCUT2D eigenvalue weighted by atomic mass is 9.88. The highest BCUT2D eigenvalue weighted by Gasteiger charge is 2.39. The molecule has 2 aliphatic carbocycles. The second-order valence-electron chi connectivity index (χ2n) is 6.69. The summed E-state index contributed by atoms with van der Waals surface area (Å²) in [5.41, 5.74) is 0. The summed E-state index contributed by atoms with van der Waals surface area (Å²) in [5, 5.41) is 4.45. The van der Waals surface area contributed by atoms with Gasteiger partial charge in [-0.3, -0.25) is 0 Å². The first kappa shape index (κ1) is 14.3. The van der Waals surface area contributed by atoms with Crippen molar-refractivity contribution < 1.29 is 0 Å². The van der Waals surface area contributed by atoms with E-state index in [0.29, 0.717) is 0 Å². The molecule has 1 aromatic heterocycles. The van der Waals surface area contributed by atoms with E-state index in [2.05, 4.69) is 29.2 Å². The summed E-state index contributed by atoms with van der Waals surface area (Å²) in [6.45, 7) is 5.54. The Morgan fingerprint density at radius 2 is 2.30 bits per heavy atom. The third kappa shape index (κ3) is 3.34. The van der Waals surface area contributed by atoms with E-state index >= 15 is 0 Å². The zero-order valence-electron chi connectivity index (χ0n) is 12.8. The summed E-state index contributed by atoms with van der Waals surface area (Å²) in [6.07, 6.45) is 9.20. The smallest absolute Gasteiger partial charge is 0.182 e. The van der Waals surface area contributed by atoms with Crippen LogP contribution in [0, 0.1) is 17.8 Å². The van der Waals surface area contributed by atoms with Gasteiger partial charge in [-0.25, -0.2) is 4.98 Å². The van der Waals surface area contributed by atoms with Crippen LogP contribution in [0.15, 0.2) is 6.20 Å². The Hall–Kier alpha value is -0.610. The molecule has 4 heteroatoms. The molecule has 0 amide bonds. The first-order valence-electron chi connectivity index (χ1n) is 8.11. The minimum absolute atomic E-state index is 0.962. The quantitative estimate of drug-likeness (QED) is 0.828. The predicted molar refractivity (Wildman–Crippen MR) is 86.2 cm³/mol. The van der Waals surface area contributed by atoms with E-state index in [4.69, 9.17) is 0 Å². The van der Waals surface area contributed by atoms with Gasteiger partial charge in [-0.1, -0.05) is 13.3 Å². The van der Waals surface area contributed by atoms with Gasteiger partial charge in [0.2, 0.25) is 0 Å². The normalized spacial score (nSPS) is 28.4. The van der Waals surface area contributed by atoms with Crippen LogP contribution in [0.2, 0.25) is 0 Å². The molecule has 0 aromatic carbocycles. The lowest BCUT2D eigenvalue weighted by molar-refractivity contribution is 0.215. The molecule has 20 heavy (non-hydrogen) atoms. The number of fused-ring (bicyclic) bond motifs is 2. The van der Waals surface area contributed by atoms with Crippen LogP contribution in [0.3, 0.4) is 0 Å². The van der Waals surface area contributed by atoms with Crippen molar-refractivity contribution in [1.29, 1.82) is 0 Å². The fraction of sp³-hybridized carbons (Fsp3) is 0.812. The zero-order chi connectivity index (χ0) is 13.9. The van der Waals surface area contributed by atoms with Crippen molar-refractivity contribution in [3.05, 3.63) is 11.1 Å². The van der Waals surface area contributed by atoms with Gasteiger partial charge < -0.3 is 10.2 Å². The summed E-state index contributed by atoms with van der Waals surface area (Å²) in [7, 11) is 2.27. The van der Waals surface area contributed by atoms with Gasteiger partial charge in [0, 0.05) is 30.7 Å². The van der Waals surface area contributed by atoms with Crippen LogP contribution in [0.1, 0.15) is 43.9 Å². The first-order chi connectivity index (χ1) is 9.74. The maximum absolute atomic E-state index is 4.46. The van der Waals surface area contributed by atoms with Crippen LogP contribution in [0.4, 0.5) is 5.13 Å². The Labute approximate surface area is 126 Å². The molecule has 0 radical (unpaired) electrons. The van der Waals surface area contributed by atoms with E-state index in [9.17, 15) is 0 Å². The van der Waals surface area contributed by atoms with Crippen LogP contribution in [0.25, 0.3) is 0 Å². The molecule has 1 aromatic rings. The monoisotopic (exact) mass is 293 g/mol. The number of rotatable bonds is 7. The molecule has 3 rings (SSSR count). The summed E-state index contributed by atoms with van der Waals surface area (Å²) < 4.78 is 0. The Bertz CT molecular complexity index is 431. The summed E-state index contributed by atoms with van der Waals surface area (Å²) in [4.78, 5) is 8.34. The standard InChI is InChI=1S/C16H27N3S/c1-3-6-17-16-18-9-15(20-16)11-19(2)10-14-8-12-4-5-13(14)7-12/h9,12-14H,3-8,10-11H2,1-2H3,(H,17,18). The molecule has 0 spiro atoms. The van der Waals surface area contributed by atoms with Crippen molar-refractivity contribution in [3.63, 3.8) is 0 Å². The Morgan fingerprint density at radius 3 is 3.00 bits per heavy atom. The van der Waals surface area contributed by atoms with Crippen molar-refractivity contribution >= 4 is 16.5 Å². The average Bonchev–Trinajstić information content (AvgIpc) is 3.12. The number of hydrogen-bond acceptors (Lipinski definition) is 4. The SMILES string of the molecule is CCCNc1ncc(CN(C)CC2CC3CCC2C3)s1. The first-order valence-corrected chi connectivity index (χ1v) is 8.93. The fourth-order valence-corrected chi connectivity index (χ4v) is 4.94. The van der Waals surface area contributed by atoms with Gasteiger partial charge >= 0.3 is 0 Å². The molecular weight excluding hydrogens is 266 g/mol. The highest BCUT2D eigenvalue weighted by molar-refractivity contribution is 7.15. The number of hydrogen-bond donors (Lipinski definition) is 1. The molecule has 3 unspecified atom stereocenters. The minimum atomic E-state index is 0.962. The molecule has 2 saturated carbocycles. The summed E-state index contributed by atoms with van der Waals surface area (Å²) >= 11 is 1.81. The van der Waals surface area contributed by atoms with Gasteiger partial charge in [0.15, 0.2) is 5.13 Å². The minimum Gasteiger partial charge on any atom is -0.362 e.